The molecule has 0 saturated carbocycles. The van der Waals surface area contributed by atoms with Gasteiger partial charge >= 0.3 is 0 Å². The number of benzene rings is 1. The van der Waals surface area contributed by atoms with Gasteiger partial charge in [0.25, 0.3) is 5.91 Å². The highest BCUT2D eigenvalue weighted by Crippen LogP contribution is 2.37. The van der Waals surface area contributed by atoms with E-state index in [1.807, 2.05) is 27.0 Å². The van der Waals surface area contributed by atoms with Crippen LogP contribution >= 0.6 is 0 Å². The summed E-state index contributed by atoms with van der Waals surface area (Å²) in [5.41, 5.74) is 3.89. The molecular weight excluding hydrogens is 200 g/mol. The first-order chi connectivity index (χ1) is 7.34. The van der Waals surface area contributed by atoms with E-state index in [2.05, 4.69) is 25.2 Å². The number of anilines is 2. The van der Waals surface area contributed by atoms with Gasteiger partial charge < -0.3 is 10.2 Å². The molecule has 0 fully saturated rings. The van der Waals surface area contributed by atoms with Crippen LogP contribution < -0.4 is 10.2 Å². The van der Waals surface area contributed by atoms with Crippen LogP contribution in [0.15, 0.2) is 12.1 Å². The number of nitrogens with one attached hydrogen (secondary N) is 1. The minimum atomic E-state index is -0.524. The number of amides is 1. The lowest BCUT2D eigenvalue weighted by Gasteiger charge is -2.39. The van der Waals surface area contributed by atoms with Gasteiger partial charge in [0.15, 0.2) is 0 Å². The van der Waals surface area contributed by atoms with Crippen LogP contribution in [0.4, 0.5) is 11.4 Å². The zero-order chi connectivity index (χ0) is 12.1. The summed E-state index contributed by atoms with van der Waals surface area (Å²) in [5.74, 6) is 0.105. The van der Waals surface area contributed by atoms with Crippen LogP contribution in [0, 0.1) is 13.8 Å². The molecule has 3 nitrogen and oxygen atoms in total. The third-order valence-electron chi connectivity index (χ3n) is 3.32. The summed E-state index contributed by atoms with van der Waals surface area (Å²) in [4.78, 5) is 13.9. The van der Waals surface area contributed by atoms with Crippen LogP contribution in [0.1, 0.15) is 25.0 Å². The number of carbonyl (C=O) groups is 1. The van der Waals surface area contributed by atoms with E-state index in [-0.39, 0.29) is 5.91 Å². The average molecular weight is 218 g/mol. The first kappa shape index (κ1) is 11.0. The summed E-state index contributed by atoms with van der Waals surface area (Å²) in [7, 11) is 1.84. The highest BCUT2D eigenvalue weighted by molar-refractivity contribution is 6.07. The fourth-order valence-electron chi connectivity index (χ4n) is 2.25. The largest absolute Gasteiger partial charge is 0.370 e. The van der Waals surface area contributed by atoms with Gasteiger partial charge in [-0.05, 0) is 44.9 Å². The zero-order valence-electron chi connectivity index (χ0n) is 10.5. The van der Waals surface area contributed by atoms with Gasteiger partial charge in [-0.2, -0.15) is 0 Å². The van der Waals surface area contributed by atoms with Crippen LogP contribution in [-0.4, -0.2) is 18.5 Å². The van der Waals surface area contributed by atoms with Crippen molar-refractivity contribution in [3.63, 3.8) is 0 Å². The molecule has 86 valence electrons. The Labute approximate surface area is 96.5 Å². The SMILES string of the molecule is Cc1ccc2c(c1C)N(C)C(=O)C(C)(C)N2. The minimum absolute atomic E-state index is 0.105. The summed E-state index contributed by atoms with van der Waals surface area (Å²) in [6.07, 6.45) is 0. The summed E-state index contributed by atoms with van der Waals surface area (Å²) < 4.78 is 0. The number of aryl methyl sites for hydroxylation is 1. The van der Waals surface area contributed by atoms with Gasteiger partial charge in [0.2, 0.25) is 0 Å². The second-order valence-electron chi connectivity index (χ2n) is 5.02. The van der Waals surface area contributed by atoms with E-state index in [4.69, 9.17) is 0 Å². The maximum atomic E-state index is 12.1. The van der Waals surface area contributed by atoms with E-state index >= 15 is 0 Å². The van der Waals surface area contributed by atoms with Gasteiger partial charge in [-0.3, -0.25) is 4.79 Å². The van der Waals surface area contributed by atoms with Crippen molar-refractivity contribution in [2.75, 3.05) is 17.3 Å². The molecular formula is C13H18N2O. The van der Waals surface area contributed by atoms with E-state index in [1.54, 1.807) is 4.90 Å². The summed E-state index contributed by atoms with van der Waals surface area (Å²) >= 11 is 0. The Morgan fingerprint density at radius 1 is 1.25 bits per heavy atom. The van der Waals surface area contributed by atoms with Crippen molar-refractivity contribution in [1.29, 1.82) is 0 Å². The Hall–Kier alpha value is -1.51. The lowest BCUT2D eigenvalue weighted by Crippen LogP contribution is -2.52. The second-order valence-corrected chi connectivity index (χ2v) is 5.02. The zero-order valence-corrected chi connectivity index (χ0v) is 10.5. The second kappa shape index (κ2) is 3.24. The molecule has 1 heterocycles. The third-order valence-corrected chi connectivity index (χ3v) is 3.32. The lowest BCUT2D eigenvalue weighted by atomic mass is 9.95. The van der Waals surface area contributed by atoms with Gasteiger partial charge in [-0.15, -0.1) is 0 Å². The monoisotopic (exact) mass is 218 g/mol. The molecule has 0 spiro atoms. The summed E-state index contributed by atoms with van der Waals surface area (Å²) in [6, 6.07) is 4.13. The van der Waals surface area contributed by atoms with Gasteiger partial charge in [0.05, 0.1) is 11.4 Å². The van der Waals surface area contributed by atoms with Crippen LogP contribution in [0.25, 0.3) is 0 Å². The van der Waals surface area contributed by atoms with Crippen molar-refractivity contribution in [2.24, 2.45) is 0 Å². The molecule has 3 heteroatoms. The molecule has 0 saturated heterocycles. The van der Waals surface area contributed by atoms with Crippen molar-refractivity contribution in [1.82, 2.24) is 0 Å². The van der Waals surface area contributed by atoms with Crippen molar-refractivity contribution >= 4 is 17.3 Å². The predicted molar refractivity (Wildman–Crippen MR) is 67.0 cm³/mol. The van der Waals surface area contributed by atoms with E-state index in [0.717, 1.165) is 16.9 Å². The van der Waals surface area contributed by atoms with Crippen molar-refractivity contribution in [3.8, 4) is 0 Å². The number of carbonyl (C=O) groups excluding carboxylic acids is 1. The fraction of sp³-hybridized carbons (Fsp3) is 0.462. The maximum Gasteiger partial charge on any atom is 0.251 e. The van der Waals surface area contributed by atoms with Crippen molar-refractivity contribution < 1.29 is 4.79 Å². The number of hydrogen-bond acceptors (Lipinski definition) is 2. The number of likely N-dealkylation sites (N-methyl/N-ethyl adjacent to an activating group) is 1. The normalized spacial score (nSPS) is 18.1. The molecule has 0 aliphatic carbocycles. The molecule has 0 radical (unpaired) electrons. The summed E-state index contributed by atoms with van der Waals surface area (Å²) in [6.45, 7) is 7.93. The Kier molecular flexibility index (Phi) is 2.22. The Bertz CT molecular complexity index is 463. The Morgan fingerprint density at radius 3 is 2.50 bits per heavy atom. The van der Waals surface area contributed by atoms with Gasteiger partial charge in [0.1, 0.15) is 5.54 Å². The molecule has 1 aromatic carbocycles. The molecule has 0 bridgehead atoms. The quantitative estimate of drug-likeness (QED) is 0.725. The molecule has 1 aromatic rings. The van der Waals surface area contributed by atoms with Crippen LogP contribution in [0.5, 0.6) is 0 Å². The number of nitrogens with zero attached hydrogens (tertiary/aromatic N) is 1. The molecule has 0 atom stereocenters. The first-order valence-electron chi connectivity index (χ1n) is 5.51. The van der Waals surface area contributed by atoms with Crippen LogP contribution in [0.2, 0.25) is 0 Å². The Morgan fingerprint density at radius 2 is 1.88 bits per heavy atom. The van der Waals surface area contributed by atoms with Gasteiger partial charge in [-0.1, -0.05) is 6.07 Å². The number of fused-ring (bicyclic) bond motifs is 1. The fourth-order valence-corrected chi connectivity index (χ4v) is 2.25. The van der Waals surface area contributed by atoms with E-state index in [0.29, 0.717) is 0 Å². The number of hydrogen-bond donors (Lipinski definition) is 1. The Balaban J connectivity index is 2.64. The van der Waals surface area contributed by atoms with Gasteiger partial charge in [0, 0.05) is 7.05 Å². The molecule has 2 rings (SSSR count). The number of rotatable bonds is 0. The van der Waals surface area contributed by atoms with E-state index in [1.165, 1.54) is 5.56 Å². The van der Waals surface area contributed by atoms with E-state index in [9.17, 15) is 4.79 Å². The predicted octanol–water partition coefficient (Wildman–Crippen LogP) is 2.47. The smallest absolute Gasteiger partial charge is 0.251 e. The molecule has 1 N–H and O–H groups in total. The topological polar surface area (TPSA) is 32.3 Å². The molecule has 16 heavy (non-hydrogen) atoms. The molecule has 1 aliphatic heterocycles. The molecule has 0 aromatic heterocycles. The van der Waals surface area contributed by atoms with Crippen LogP contribution in [0.3, 0.4) is 0 Å². The highest BCUT2D eigenvalue weighted by Gasteiger charge is 2.37. The molecule has 1 aliphatic rings. The lowest BCUT2D eigenvalue weighted by molar-refractivity contribution is -0.121. The van der Waals surface area contributed by atoms with Crippen LogP contribution in [-0.2, 0) is 4.79 Å². The highest BCUT2D eigenvalue weighted by atomic mass is 16.2. The maximum absolute atomic E-state index is 12.1. The minimum Gasteiger partial charge on any atom is -0.370 e. The molecule has 0 unspecified atom stereocenters. The third kappa shape index (κ3) is 1.39. The van der Waals surface area contributed by atoms with Gasteiger partial charge in [-0.25, -0.2) is 0 Å². The van der Waals surface area contributed by atoms with Crippen molar-refractivity contribution in [3.05, 3.63) is 23.3 Å². The summed E-state index contributed by atoms with van der Waals surface area (Å²) in [5, 5.41) is 3.29. The first-order valence-corrected chi connectivity index (χ1v) is 5.51. The van der Waals surface area contributed by atoms with E-state index < -0.39 is 5.54 Å². The average Bonchev–Trinajstić information content (AvgIpc) is 2.20. The standard InChI is InChI=1S/C13H18N2O/c1-8-6-7-10-11(9(8)2)15(5)12(16)13(3,4)14-10/h6-7,14H,1-5H3. The van der Waals surface area contributed by atoms with Crippen molar-refractivity contribution in [2.45, 2.75) is 33.2 Å². The molecule has 1 amide bonds.